The van der Waals surface area contributed by atoms with Gasteiger partial charge in [-0.15, -0.1) is 11.3 Å². The van der Waals surface area contributed by atoms with Crippen LogP contribution in [0.4, 0.5) is 0 Å². The number of aromatic nitrogens is 2. The Bertz CT molecular complexity index is 958. The van der Waals surface area contributed by atoms with Crippen molar-refractivity contribution in [2.75, 3.05) is 0 Å². The van der Waals surface area contributed by atoms with Crippen LogP contribution in [0.25, 0.3) is 10.2 Å². The zero-order valence-corrected chi connectivity index (χ0v) is 14.4. The van der Waals surface area contributed by atoms with E-state index in [-0.39, 0.29) is 17.4 Å². The third-order valence-electron chi connectivity index (χ3n) is 3.24. The molecule has 22 heavy (non-hydrogen) atoms. The molecule has 0 N–H and O–H groups in total. The number of halogens is 2. The van der Waals surface area contributed by atoms with Crippen molar-refractivity contribution in [2.45, 2.75) is 11.9 Å². The van der Waals surface area contributed by atoms with Gasteiger partial charge < -0.3 is 0 Å². The van der Waals surface area contributed by atoms with Crippen molar-refractivity contribution in [2.24, 2.45) is 0 Å². The van der Waals surface area contributed by atoms with E-state index < -0.39 is 0 Å². The number of benzene rings is 1. The maximum Gasteiger partial charge on any atom is 0.272 e. The monoisotopic (exact) mass is 393 g/mol. The van der Waals surface area contributed by atoms with Gasteiger partial charge in [-0.05, 0) is 29.3 Å². The molecular weight excluding hydrogens is 386 g/mol. The summed E-state index contributed by atoms with van der Waals surface area (Å²) in [5.41, 5.74) is 1.70. The van der Waals surface area contributed by atoms with Gasteiger partial charge in [0, 0.05) is 10.2 Å². The van der Waals surface area contributed by atoms with Gasteiger partial charge in [0.15, 0.2) is 0 Å². The fourth-order valence-electron chi connectivity index (χ4n) is 2.17. The summed E-state index contributed by atoms with van der Waals surface area (Å²) in [4.78, 5) is 17.9. The van der Waals surface area contributed by atoms with E-state index in [9.17, 15) is 4.79 Å². The number of rotatable bonds is 3. The molecule has 2 aromatic heterocycles. The highest BCUT2D eigenvalue weighted by atomic mass is 79.9. The molecule has 0 aliphatic rings. The Balaban J connectivity index is 2.15. The number of nitrogens with zero attached hydrogens (tertiary/aromatic N) is 3. The van der Waals surface area contributed by atoms with E-state index in [1.54, 1.807) is 12.1 Å². The van der Waals surface area contributed by atoms with E-state index in [0.717, 1.165) is 10.4 Å². The topological polar surface area (TPSA) is 58.7 Å². The van der Waals surface area contributed by atoms with Crippen molar-refractivity contribution in [3.63, 3.8) is 0 Å². The molecule has 0 spiro atoms. The van der Waals surface area contributed by atoms with Crippen LogP contribution >= 0.6 is 38.9 Å². The summed E-state index contributed by atoms with van der Waals surface area (Å²) in [5.74, 6) is 0. The van der Waals surface area contributed by atoms with Gasteiger partial charge in [-0.1, -0.05) is 34.1 Å². The molecule has 0 atom stereocenters. The summed E-state index contributed by atoms with van der Waals surface area (Å²) in [6.45, 7) is 0.228. The maximum absolute atomic E-state index is 12.6. The molecule has 0 amide bonds. The van der Waals surface area contributed by atoms with Crippen LogP contribution in [0.3, 0.4) is 0 Å². The molecule has 0 aliphatic heterocycles. The summed E-state index contributed by atoms with van der Waals surface area (Å²) in [6.07, 6.45) is 0. The highest BCUT2D eigenvalue weighted by Gasteiger charge is 2.14. The van der Waals surface area contributed by atoms with Crippen LogP contribution in [0.1, 0.15) is 16.0 Å². The summed E-state index contributed by atoms with van der Waals surface area (Å²) in [7, 11) is 0. The zero-order valence-electron chi connectivity index (χ0n) is 11.2. The first kappa shape index (κ1) is 15.2. The number of fused-ring (bicyclic) bond motifs is 1. The lowest BCUT2D eigenvalue weighted by atomic mass is 10.1. The zero-order chi connectivity index (χ0) is 15.7. The molecule has 3 rings (SSSR count). The molecule has 0 unspecified atom stereocenters. The van der Waals surface area contributed by atoms with Gasteiger partial charge in [0.1, 0.15) is 4.70 Å². The van der Waals surface area contributed by atoms with Gasteiger partial charge in [-0.2, -0.15) is 5.26 Å². The molecule has 0 saturated heterocycles. The molecule has 0 saturated carbocycles. The van der Waals surface area contributed by atoms with Crippen molar-refractivity contribution < 1.29 is 0 Å². The standard InChI is InChI=1S/C15H9BrClN3OS/c16-6-11-5-12-13(22-11)14(21)20(15(17)19-12)8-10-4-2-1-3-9(10)7-18/h1-5H,6,8H2. The Morgan fingerprint density at radius 1 is 1.41 bits per heavy atom. The van der Waals surface area contributed by atoms with E-state index in [1.165, 1.54) is 15.9 Å². The largest absolute Gasteiger partial charge is 0.278 e. The third kappa shape index (κ3) is 2.68. The molecule has 110 valence electrons. The Morgan fingerprint density at radius 2 is 2.18 bits per heavy atom. The second kappa shape index (κ2) is 6.21. The highest BCUT2D eigenvalue weighted by molar-refractivity contribution is 9.08. The molecular formula is C15H9BrClN3OS. The molecule has 4 nitrogen and oxygen atoms in total. The Hall–Kier alpha value is -1.68. The van der Waals surface area contributed by atoms with Crippen LogP contribution in [0.2, 0.25) is 5.28 Å². The minimum atomic E-state index is -0.181. The number of nitriles is 1. The first-order valence-electron chi connectivity index (χ1n) is 6.36. The van der Waals surface area contributed by atoms with Gasteiger partial charge >= 0.3 is 0 Å². The fourth-order valence-corrected chi connectivity index (χ4v) is 3.80. The Kier molecular flexibility index (Phi) is 4.30. The Morgan fingerprint density at radius 3 is 2.91 bits per heavy atom. The van der Waals surface area contributed by atoms with Crippen molar-refractivity contribution in [1.82, 2.24) is 9.55 Å². The van der Waals surface area contributed by atoms with E-state index in [0.29, 0.717) is 21.1 Å². The smallest absolute Gasteiger partial charge is 0.272 e. The van der Waals surface area contributed by atoms with Crippen LogP contribution in [-0.2, 0) is 11.9 Å². The van der Waals surface area contributed by atoms with E-state index in [4.69, 9.17) is 16.9 Å². The van der Waals surface area contributed by atoms with Crippen molar-refractivity contribution >= 4 is 49.1 Å². The lowest BCUT2D eigenvalue weighted by molar-refractivity contribution is 0.749. The van der Waals surface area contributed by atoms with E-state index in [1.807, 2.05) is 18.2 Å². The number of alkyl halides is 1. The second-order valence-corrected chi connectivity index (χ2v) is 6.64. The average molecular weight is 395 g/mol. The van der Waals surface area contributed by atoms with Crippen LogP contribution in [-0.4, -0.2) is 9.55 Å². The first-order chi connectivity index (χ1) is 10.6. The predicted octanol–water partition coefficient (Wildman–Crippen LogP) is 3.93. The summed E-state index contributed by atoms with van der Waals surface area (Å²) in [5, 5.41) is 9.95. The van der Waals surface area contributed by atoms with Crippen molar-refractivity contribution in [1.29, 1.82) is 5.26 Å². The van der Waals surface area contributed by atoms with Crippen molar-refractivity contribution in [3.8, 4) is 6.07 Å². The Labute approximate surface area is 143 Å². The lowest BCUT2D eigenvalue weighted by Gasteiger charge is -2.09. The number of thiophene rings is 1. The minimum Gasteiger partial charge on any atom is -0.278 e. The molecule has 7 heteroatoms. The summed E-state index contributed by atoms with van der Waals surface area (Å²) < 4.78 is 1.97. The molecule has 0 fully saturated rings. The van der Waals surface area contributed by atoms with Crippen molar-refractivity contribution in [3.05, 3.63) is 62.0 Å². The van der Waals surface area contributed by atoms with Crippen LogP contribution in [0, 0.1) is 11.3 Å². The van der Waals surface area contributed by atoms with E-state index in [2.05, 4.69) is 27.0 Å². The van der Waals surface area contributed by atoms with Gasteiger partial charge in [-0.3, -0.25) is 9.36 Å². The SMILES string of the molecule is N#Cc1ccccc1Cn1c(Cl)nc2cc(CBr)sc2c1=O. The van der Waals surface area contributed by atoms with Gasteiger partial charge in [-0.25, -0.2) is 4.98 Å². The van der Waals surface area contributed by atoms with Gasteiger partial charge in [0.25, 0.3) is 5.56 Å². The lowest BCUT2D eigenvalue weighted by Crippen LogP contribution is -2.22. The normalized spacial score (nSPS) is 10.8. The van der Waals surface area contributed by atoms with E-state index >= 15 is 0 Å². The molecule has 3 aromatic rings. The summed E-state index contributed by atoms with van der Waals surface area (Å²) in [6, 6.07) is 11.1. The molecule has 1 aromatic carbocycles. The van der Waals surface area contributed by atoms with Gasteiger partial charge in [0.05, 0.1) is 23.7 Å². The summed E-state index contributed by atoms with van der Waals surface area (Å²) >= 11 is 10.9. The molecule has 2 heterocycles. The second-order valence-electron chi connectivity index (χ2n) is 4.60. The third-order valence-corrected chi connectivity index (χ3v) is 5.61. The van der Waals surface area contributed by atoms with Crippen LogP contribution in [0.5, 0.6) is 0 Å². The van der Waals surface area contributed by atoms with Crippen LogP contribution in [0.15, 0.2) is 35.1 Å². The van der Waals surface area contributed by atoms with Crippen LogP contribution < -0.4 is 5.56 Å². The highest BCUT2D eigenvalue weighted by Crippen LogP contribution is 2.24. The number of hydrogen-bond acceptors (Lipinski definition) is 4. The fraction of sp³-hybridized carbons (Fsp3) is 0.133. The predicted molar refractivity (Wildman–Crippen MR) is 91.8 cm³/mol. The molecule has 0 radical (unpaired) electrons. The maximum atomic E-state index is 12.6. The number of hydrogen-bond donors (Lipinski definition) is 0. The molecule has 0 aliphatic carbocycles. The molecule has 0 bridgehead atoms. The quantitative estimate of drug-likeness (QED) is 0.499. The first-order valence-corrected chi connectivity index (χ1v) is 8.68. The average Bonchev–Trinajstić information content (AvgIpc) is 2.95. The van der Waals surface area contributed by atoms with Gasteiger partial charge in [0.2, 0.25) is 5.28 Å². The minimum absolute atomic E-state index is 0.129.